The summed E-state index contributed by atoms with van der Waals surface area (Å²) in [5, 5.41) is 20.3. The number of likely N-dealkylation sites (N-methyl/N-ethyl adjacent to an activating group) is 7. The molecule has 2 fully saturated rings. The van der Waals surface area contributed by atoms with Crippen LogP contribution in [0.3, 0.4) is 0 Å². The average molecular weight is 1240 g/mol. The van der Waals surface area contributed by atoms with Crippen molar-refractivity contribution in [1.82, 2.24) is 55.1 Å². The van der Waals surface area contributed by atoms with Gasteiger partial charge in [-0.3, -0.25) is 52.7 Å². The van der Waals surface area contributed by atoms with Crippen LogP contribution in [0.25, 0.3) is 0 Å². The fourth-order valence-corrected chi connectivity index (χ4v) is 11.7. The number of aliphatic hydroxyl groups excluding tert-OH is 1. The first-order valence-corrected chi connectivity index (χ1v) is 31.8. The van der Waals surface area contributed by atoms with Gasteiger partial charge >= 0.3 is 0 Å². The number of nitrogens with one attached hydrogen (secondary N) is 3. The molecule has 4 N–H and O–H groups in total. The molecule has 0 aromatic rings. The van der Waals surface area contributed by atoms with Gasteiger partial charge in [-0.2, -0.15) is 0 Å². The van der Waals surface area contributed by atoms with Crippen molar-refractivity contribution >= 4 is 65.0 Å². The van der Waals surface area contributed by atoms with Gasteiger partial charge in [0.2, 0.25) is 65.0 Å². The molecule has 14 atom stereocenters. The SMILES string of the molecule is CC=CC[C@@H](C)C(O)[C@H]1C(=O)N[C@@H](CC)C(=O)N(C)CC(=O)N(C)[C@@H](CC(C)C)C(=O)N2C(CC)OC(C)C2C(=O)N(C)[C@@H](CC(C)C)C(=O)N[C@@H](C)C(=O)N[C@H](C)C(=O)N(C)[C@@H](CC(C)C)C(=O)N(C)[C@@H](CC(C)C)C(=O)N(C)C(C(C)C)C(=O)N1C. The number of rotatable bonds is 15. The second-order valence-corrected chi connectivity index (χ2v) is 26.8. The zero-order valence-corrected chi connectivity index (χ0v) is 57.7. The predicted octanol–water partition coefficient (Wildman–Crippen LogP) is 3.48. The summed E-state index contributed by atoms with van der Waals surface area (Å²) in [5.41, 5.74) is 0. The Labute approximate surface area is 525 Å². The summed E-state index contributed by atoms with van der Waals surface area (Å²) in [7, 11) is 9.95. The Morgan fingerprint density at radius 3 is 1.41 bits per heavy atom. The van der Waals surface area contributed by atoms with E-state index in [1.165, 1.54) is 92.6 Å². The Kier molecular flexibility index (Phi) is 30.7. The summed E-state index contributed by atoms with van der Waals surface area (Å²) in [6.45, 7) is 29.3. The maximum absolute atomic E-state index is 15.2. The van der Waals surface area contributed by atoms with Crippen LogP contribution in [0.5, 0.6) is 0 Å². The third kappa shape index (κ3) is 19.9. The fourth-order valence-electron chi connectivity index (χ4n) is 11.7. The van der Waals surface area contributed by atoms with E-state index in [0.717, 1.165) is 9.80 Å². The van der Waals surface area contributed by atoms with Crippen molar-refractivity contribution in [1.29, 1.82) is 0 Å². The smallest absolute Gasteiger partial charge is 0.248 e. The van der Waals surface area contributed by atoms with E-state index in [2.05, 4.69) is 16.0 Å². The highest BCUT2D eigenvalue weighted by Gasteiger charge is 2.51. The van der Waals surface area contributed by atoms with Gasteiger partial charge in [0.15, 0.2) is 0 Å². The summed E-state index contributed by atoms with van der Waals surface area (Å²) in [6, 6.07) is -12.5. The van der Waals surface area contributed by atoms with Gasteiger partial charge in [0.05, 0.1) is 18.8 Å². The van der Waals surface area contributed by atoms with E-state index < -0.39 is 162 Å². The highest BCUT2D eigenvalue weighted by Crippen LogP contribution is 2.31. The highest BCUT2D eigenvalue weighted by atomic mass is 16.5. The van der Waals surface area contributed by atoms with Crippen molar-refractivity contribution in [2.24, 2.45) is 35.5 Å². The summed E-state index contributed by atoms with van der Waals surface area (Å²) in [6.07, 6.45) is 1.45. The number of nitrogens with zero attached hydrogens (tertiary/aromatic N) is 8. The second kappa shape index (κ2) is 34.7. The van der Waals surface area contributed by atoms with Crippen LogP contribution in [-0.4, -0.2) is 244 Å². The fraction of sp³-hybridized carbons (Fsp3) is 0.797. The molecule has 24 heteroatoms. The van der Waals surface area contributed by atoms with Crippen molar-refractivity contribution in [2.75, 3.05) is 55.9 Å². The maximum Gasteiger partial charge on any atom is 0.248 e. The Morgan fingerprint density at radius 1 is 0.500 bits per heavy atom. The summed E-state index contributed by atoms with van der Waals surface area (Å²) < 4.78 is 6.29. The average Bonchev–Trinajstić information content (AvgIpc) is 1.82. The van der Waals surface area contributed by atoms with Gasteiger partial charge < -0.3 is 65.0 Å². The number of carbonyl (C=O) groups excluding carboxylic acids is 11. The molecule has 2 heterocycles. The minimum atomic E-state index is -1.62. The molecule has 88 heavy (non-hydrogen) atoms. The van der Waals surface area contributed by atoms with E-state index in [4.69, 9.17) is 4.74 Å². The molecule has 0 aliphatic carbocycles. The van der Waals surface area contributed by atoms with Crippen molar-refractivity contribution in [2.45, 2.75) is 242 Å². The lowest BCUT2D eigenvalue weighted by molar-refractivity contribution is -0.157. The van der Waals surface area contributed by atoms with E-state index >= 15 is 24.0 Å². The van der Waals surface area contributed by atoms with E-state index in [-0.39, 0.29) is 62.2 Å². The second-order valence-electron chi connectivity index (χ2n) is 26.8. The summed E-state index contributed by atoms with van der Waals surface area (Å²) in [5.74, 6) is -9.26. The van der Waals surface area contributed by atoms with Crippen molar-refractivity contribution in [3.05, 3.63) is 12.2 Å². The van der Waals surface area contributed by atoms with Gasteiger partial charge in [0.25, 0.3) is 0 Å². The Hall–Kier alpha value is -6.17. The lowest BCUT2D eigenvalue weighted by Crippen LogP contribution is -2.63. The van der Waals surface area contributed by atoms with Gasteiger partial charge in [-0.05, 0) is 108 Å². The third-order valence-electron chi connectivity index (χ3n) is 17.1. The first-order chi connectivity index (χ1) is 40.7. The minimum absolute atomic E-state index is 0.0154. The molecule has 502 valence electrons. The Balaban J connectivity index is 3.03. The molecule has 2 saturated heterocycles. The maximum atomic E-state index is 15.2. The first kappa shape index (κ1) is 77.9. The van der Waals surface area contributed by atoms with Crippen LogP contribution in [-0.2, 0) is 57.5 Å². The lowest BCUT2D eigenvalue weighted by atomic mass is 9.91. The number of ether oxygens (including phenoxy) is 1. The Morgan fingerprint density at radius 2 is 0.943 bits per heavy atom. The highest BCUT2D eigenvalue weighted by molar-refractivity contribution is 6.00. The molecule has 11 amide bonds. The van der Waals surface area contributed by atoms with Gasteiger partial charge in [0, 0.05) is 49.3 Å². The standard InChI is InChI=1S/C64H113N11O13/c1-25-28-29-40(14)54(77)53-57(80)67-44(26-2)59(82)68(18)34-49(76)69(19)48(33-38(10)11)62(85)75-50(27-3)88-43(17)52(75)64(87)70(20)45(30-35(4)5)56(79)65-41(15)55(78)66-42(16)58(81)71(21)46(31-36(6)7)60(83)72(22)47(32-37(8)9)61(84)73(23)51(39(12)13)63(86)74(53)24/h25,28,35-48,50-54,77H,26-27,29-34H2,1-24H3,(H,65,79)(H,66,78)(H,67,80)/t40-,41+,42-,43?,44+,45+,46+,47+,48+,50?,51?,52?,53+,54?/m1/s1. The van der Waals surface area contributed by atoms with Gasteiger partial charge in [-0.1, -0.05) is 102 Å². The Bertz CT molecular complexity index is 2450. The number of hydrogen-bond acceptors (Lipinski definition) is 13. The number of allylic oxidation sites excluding steroid dienone is 2. The molecule has 0 saturated carbocycles. The molecule has 2 aliphatic rings. The number of hydrogen-bond donors (Lipinski definition) is 4. The number of amides is 11. The van der Waals surface area contributed by atoms with E-state index in [1.807, 2.05) is 61.5 Å². The zero-order chi connectivity index (χ0) is 67.8. The first-order valence-electron chi connectivity index (χ1n) is 31.8. The van der Waals surface area contributed by atoms with E-state index in [9.17, 15) is 33.9 Å². The predicted molar refractivity (Wildman–Crippen MR) is 337 cm³/mol. The summed E-state index contributed by atoms with van der Waals surface area (Å²) >= 11 is 0. The minimum Gasteiger partial charge on any atom is -0.390 e. The monoisotopic (exact) mass is 1240 g/mol. The van der Waals surface area contributed by atoms with Crippen LogP contribution in [0.1, 0.15) is 163 Å². The van der Waals surface area contributed by atoms with Crippen molar-refractivity contribution in [3.8, 4) is 0 Å². The molecule has 2 rings (SSSR count). The van der Waals surface area contributed by atoms with Gasteiger partial charge in [-0.25, -0.2) is 0 Å². The van der Waals surface area contributed by atoms with E-state index in [0.29, 0.717) is 6.42 Å². The van der Waals surface area contributed by atoms with Crippen LogP contribution in [0.4, 0.5) is 0 Å². The topological polar surface area (TPSA) is 279 Å². The summed E-state index contributed by atoms with van der Waals surface area (Å²) in [4.78, 5) is 172. The van der Waals surface area contributed by atoms with Crippen molar-refractivity contribution < 1.29 is 62.6 Å². The molecular formula is C64H113N11O13. The molecule has 0 spiro atoms. The third-order valence-corrected chi connectivity index (χ3v) is 17.1. The molecule has 0 bridgehead atoms. The zero-order valence-electron chi connectivity index (χ0n) is 57.7. The molecule has 24 nitrogen and oxygen atoms in total. The van der Waals surface area contributed by atoms with Gasteiger partial charge in [-0.15, -0.1) is 0 Å². The van der Waals surface area contributed by atoms with Gasteiger partial charge in [0.1, 0.15) is 66.6 Å². The molecule has 0 radical (unpaired) electrons. The number of fused-ring (bicyclic) bond motifs is 1. The number of aliphatic hydroxyl groups is 1. The quantitative estimate of drug-likeness (QED) is 0.171. The van der Waals surface area contributed by atoms with Crippen LogP contribution in [0.2, 0.25) is 0 Å². The lowest BCUT2D eigenvalue weighted by Gasteiger charge is -2.41. The van der Waals surface area contributed by atoms with Crippen LogP contribution in [0, 0.1) is 35.5 Å². The van der Waals surface area contributed by atoms with E-state index in [1.54, 1.807) is 54.5 Å². The van der Waals surface area contributed by atoms with Crippen LogP contribution in [0.15, 0.2) is 12.2 Å². The van der Waals surface area contributed by atoms with Crippen LogP contribution < -0.4 is 16.0 Å². The normalized spacial score (nSPS) is 28.8. The number of carbonyl (C=O) groups is 11. The largest absolute Gasteiger partial charge is 0.390 e. The van der Waals surface area contributed by atoms with Crippen molar-refractivity contribution in [3.63, 3.8) is 0 Å². The van der Waals surface area contributed by atoms with Crippen LogP contribution >= 0.6 is 0 Å². The molecular weight excluding hydrogens is 1130 g/mol. The molecule has 0 aromatic heterocycles. The molecule has 2 aliphatic heterocycles. The molecule has 0 aromatic carbocycles. The molecule has 5 unspecified atom stereocenters.